The number of aromatic nitrogens is 3. The number of ether oxygens (including phenoxy) is 1. The average molecular weight is 392 g/mol. The van der Waals surface area contributed by atoms with Gasteiger partial charge in [-0.3, -0.25) is 9.36 Å². The largest absolute Gasteiger partial charge is 0.460 e. The van der Waals surface area contributed by atoms with E-state index in [1.54, 1.807) is 38.9 Å². The molecule has 1 aromatic carbocycles. The summed E-state index contributed by atoms with van der Waals surface area (Å²) in [6, 6.07) is 6.95. The highest BCUT2D eigenvalue weighted by molar-refractivity contribution is 7.07. The van der Waals surface area contributed by atoms with E-state index in [0.29, 0.717) is 17.1 Å². The predicted molar refractivity (Wildman–Crippen MR) is 102 cm³/mol. The van der Waals surface area contributed by atoms with E-state index in [9.17, 15) is 9.59 Å². The molecule has 3 aromatic rings. The Morgan fingerprint density at radius 3 is 2.46 bits per heavy atom. The molecule has 136 valence electrons. The predicted octanol–water partition coefficient (Wildman–Crippen LogP) is 3.53. The van der Waals surface area contributed by atoms with Crippen molar-refractivity contribution in [3.05, 3.63) is 67.0 Å². The molecule has 0 aliphatic carbocycles. The lowest BCUT2D eigenvalue weighted by Gasteiger charge is -2.08. The molecule has 2 aromatic heterocycles. The van der Waals surface area contributed by atoms with E-state index < -0.39 is 5.97 Å². The van der Waals surface area contributed by atoms with Crippen LogP contribution in [0.1, 0.15) is 27.4 Å². The molecule has 6 nitrogen and oxygen atoms in total. The van der Waals surface area contributed by atoms with Crippen molar-refractivity contribution >= 4 is 28.9 Å². The van der Waals surface area contributed by atoms with Gasteiger partial charge in [0.05, 0.1) is 34.2 Å². The molecular formula is C18H18ClN3O3S. The molecule has 0 amide bonds. The van der Waals surface area contributed by atoms with Gasteiger partial charge in [-0.15, -0.1) is 0 Å². The van der Waals surface area contributed by atoms with Crippen molar-refractivity contribution < 1.29 is 9.53 Å². The van der Waals surface area contributed by atoms with Crippen LogP contribution in [0, 0.1) is 20.8 Å². The van der Waals surface area contributed by atoms with Crippen LogP contribution in [-0.4, -0.2) is 26.9 Å². The maximum atomic E-state index is 12.2. The lowest BCUT2D eigenvalue weighted by atomic mass is 10.2. The van der Waals surface area contributed by atoms with Crippen molar-refractivity contribution in [3.8, 4) is 5.69 Å². The molecular weight excluding hydrogens is 374 g/mol. The number of carbonyl (C=O) groups is 1. The first-order valence-corrected chi connectivity index (χ1v) is 9.28. The fourth-order valence-corrected chi connectivity index (χ4v) is 3.48. The van der Waals surface area contributed by atoms with Crippen molar-refractivity contribution in [2.75, 3.05) is 6.61 Å². The van der Waals surface area contributed by atoms with Crippen LogP contribution in [0.15, 0.2) is 34.4 Å². The van der Waals surface area contributed by atoms with Crippen LogP contribution in [0.4, 0.5) is 0 Å². The molecule has 2 heterocycles. The first-order valence-electron chi connectivity index (χ1n) is 8.02. The third-order valence-corrected chi connectivity index (χ3v) is 5.50. The summed E-state index contributed by atoms with van der Waals surface area (Å²) in [4.78, 5) is 23.8. The molecule has 0 radical (unpaired) electrons. The molecule has 3 rings (SSSR count). The van der Waals surface area contributed by atoms with Gasteiger partial charge in [0.15, 0.2) is 0 Å². The summed E-state index contributed by atoms with van der Waals surface area (Å²) in [5.74, 6) is -0.427. The van der Waals surface area contributed by atoms with Gasteiger partial charge >= 0.3 is 10.8 Å². The van der Waals surface area contributed by atoms with Crippen LogP contribution in [0.25, 0.3) is 5.69 Å². The Hall–Kier alpha value is -2.38. The molecule has 0 saturated heterocycles. The molecule has 8 heteroatoms. The Morgan fingerprint density at radius 1 is 1.23 bits per heavy atom. The molecule has 0 saturated carbocycles. The summed E-state index contributed by atoms with van der Waals surface area (Å²) >= 11 is 7.31. The number of carbonyl (C=O) groups excluding carboxylic acids is 1. The maximum absolute atomic E-state index is 12.2. The van der Waals surface area contributed by atoms with E-state index >= 15 is 0 Å². The van der Waals surface area contributed by atoms with Crippen molar-refractivity contribution in [2.24, 2.45) is 0 Å². The Labute approximate surface area is 159 Å². The number of nitrogens with zero attached hydrogens (tertiary/aromatic N) is 3. The minimum absolute atomic E-state index is 0.0496. The van der Waals surface area contributed by atoms with Crippen LogP contribution < -0.4 is 4.87 Å². The Balaban J connectivity index is 1.65. The molecule has 0 atom stereocenters. The maximum Gasteiger partial charge on any atom is 0.338 e. The lowest BCUT2D eigenvalue weighted by molar-refractivity contribution is 0.0490. The summed E-state index contributed by atoms with van der Waals surface area (Å²) < 4.78 is 8.59. The summed E-state index contributed by atoms with van der Waals surface area (Å²) in [5, 5.41) is 6.80. The summed E-state index contributed by atoms with van der Waals surface area (Å²) in [5.41, 5.74) is 3.72. The van der Waals surface area contributed by atoms with Crippen LogP contribution in [0.3, 0.4) is 0 Å². The van der Waals surface area contributed by atoms with Crippen LogP contribution in [0.2, 0.25) is 5.02 Å². The second-order valence-electron chi connectivity index (χ2n) is 5.87. The second kappa shape index (κ2) is 7.47. The van der Waals surface area contributed by atoms with E-state index in [0.717, 1.165) is 34.1 Å². The Kier molecular flexibility index (Phi) is 5.29. The molecule has 0 spiro atoms. The topological polar surface area (TPSA) is 66.1 Å². The van der Waals surface area contributed by atoms with E-state index in [4.69, 9.17) is 16.3 Å². The Morgan fingerprint density at radius 2 is 1.92 bits per heavy atom. The summed E-state index contributed by atoms with van der Waals surface area (Å²) in [7, 11) is 0. The fraction of sp³-hybridized carbons (Fsp3) is 0.278. The highest BCUT2D eigenvalue weighted by Crippen LogP contribution is 2.22. The van der Waals surface area contributed by atoms with E-state index in [1.807, 2.05) is 20.8 Å². The van der Waals surface area contributed by atoms with Gasteiger partial charge in [-0.1, -0.05) is 22.9 Å². The zero-order valence-corrected chi connectivity index (χ0v) is 16.2. The standard InChI is InChI=1S/C18H18ClN3O3S/c1-11-10-26-18(24)21(11)8-9-25-17(23)14-4-6-15(7-5-14)22-13(3)16(19)12(2)20-22/h4-7,10H,8-9H2,1-3H3. The second-order valence-corrected chi connectivity index (χ2v) is 7.07. The smallest absolute Gasteiger partial charge is 0.338 e. The quantitative estimate of drug-likeness (QED) is 0.624. The summed E-state index contributed by atoms with van der Waals surface area (Å²) in [6.07, 6.45) is 0. The first kappa shape index (κ1) is 18.4. The summed E-state index contributed by atoms with van der Waals surface area (Å²) in [6.45, 7) is 6.08. The van der Waals surface area contributed by atoms with Gasteiger partial charge in [-0.25, -0.2) is 9.48 Å². The number of hydrogen-bond acceptors (Lipinski definition) is 5. The van der Waals surface area contributed by atoms with Crippen molar-refractivity contribution in [2.45, 2.75) is 27.3 Å². The fourth-order valence-electron chi connectivity index (χ4n) is 2.60. The molecule has 0 fully saturated rings. The van der Waals surface area contributed by atoms with Gasteiger partial charge < -0.3 is 4.74 Å². The number of aryl methyl sites for hydroxylation is 2. The molecule has 26 heavy (non-hydrogen) atoms. The zero-order chi connectivity index (χ0) is 18.8. The number of esters is 1. The number of benzene rings is 1. The monoisotopic (exact) mass is 391 g/mol. The Bertz CT molecular complexity index is 1000. The highest BCUT2D eigenvalue weighted by Gasteiger charge is 2.12. The van der Waals surface area contributed by atoms with Gasteiger partial charge in [-0.05, 0) is 45.0 Å². The average Bonchev–Trinajstić information content (AvgIpc) is 3.09. The van der Waals surface area contributed by atoms with E-state index in [-0.39, 0.29) is 11.5 Å². The van der Waals surface area contributed by atoms with Gasteiger partial charge in [0.2, 0.25) is 0 Å². The minimum Gasteiger partial charge on any atom is -0.460 e. The van der Waals surface area contributed by atoms with Gasteiger partial charge in [0.25, 0.3) is 0 Å². The van der Waals surface area contributed by atoms with Crippen LogP contribution in [-0.2, 0) is 11.3 Å². The van der Waals surface area contributed by atoms with Crippen LogP contribution >= 0.6 is 22.9 Å². The lowest BCUT2D eigenvalue weighted by Crippen LogP contribution is -2.19. The van der Waals surface area contributed by atoms with E-state index in [1.165, 1.54) is 0 Å². The van der Waals surface area contributed by atoms with E-state index in [2.05, 4.69) is 5.10 Å². The van der Waals surface area contributed by atoms with Gasteiger partial charge in [0.1, 0.15) is 6.61 Å². The van der Waals surface area contributed by atoms with Crippen molar-refractivity contribution in [3.63, 3.8) is 0 Å². The first-order chi connectivity index (χ1) is 12.4. The SMILES string of the molecule is Cc1nn(-c2ccc(C(=O)OCCn3c(C)csc3=O)cc2)c(C)c1Cl. The number of hydrogen-bond donors (Lipinski definition) is 0. The van der Waals surface area contributed by atoms with Crippen LogP contribution in [0.5, 0.6) is 0 Å². The molecule has 0 unspecified atom stereocenters. The zero-order valence-electron chi connectivity index (χ0n) is 14.7. The van der Waals surface area contributed by atoms with Gasteiger partial charge in [-0.2, -0.15) is 5.10 Å². The highest BCUT2D eigenvalue weighted by atomic mass is 35.5. The molecule has 0 N–H and O–H groups in total. The minimum atomic E-state index is -0.427. The molecule has 0 aliphatic heterocycles. The molecule has 0 bridgehead atoms. The van der Waals surface area contributed by atoms with Crippen molar-refractivity contribution in [1.29, 1.82) is 0 Å². The number of halogens is 1. The van der Waals surface area contributed by atoms with Crippen molar-refractivity contribution in [1.82, 2.24) is 14.3 Å². The third-order valence-electron chi connectivity index (χ3n) is 4.08. The normalized spacial score (nSPS) is 10.9. The van der Waals surface area contributed by atoms with Gasteiger partial charge in [0, 0.05) is 11.1 Å². The number of rotatable bonds is 5. The molecule has 0 aliphatic rings. The number of thiazole rings is 1. The third kappa shape index (κ3) is 3.59.